The number of halogens is 1. The Morgan fingerprint density at radius 2 is 1.93 bits per heavy atom. The van der Waals surface area contributed by atoms with Gasteiger partial charge in [0.2, 0.25) is 11.8 Å². The van der Waals surface area contributed by atoms with Gasteiger partial charge in [-0.15, -0.1) is 0 Å². The molecule has 0 atom stereocenters. The summed E-state index contributed by atoms with van der Waals surface area (Å²) >= 11 is 3.51. The molecule has 1 aromatic heterocycles. The molecule has 1 fully saturated rings. The van der Waals surface area contributed by atoms with Gasteiger partial charge in [0.1, 0.15) is 19.3 Å². The number of hydrogen-bond acceptors (Lipinski definition) is 5. The first-order chi connectivity index (χ1) is 13.7. The van der Waals surface area contributed by atoms with Gasteiger partial charge >= 0.3 is 0 Å². The van der Waals surface area contributed by atoms with Crippen LogP contribution in [-0.4, -0.2) is 30.2 Å². The molecule has 6 nitrogen and oxygen atoms in total. The third kappa shape index (κ3) is 4.58. The third-order valence-electron chi connectivity index (χ3n) is 4.97. The highest BCUT2D eigenvalue weighted by Gasteiger charge is 2.19. The number of carbonyl (C=O) groups excluding carboxylic acids is 1. The van der Waals surface area contributed by atoms with Crippen molar-refractivity contribution in [3.63, 3.8) is 0 Å². The topological polar surface area (TPSA) is 69.7 Å². The Hall–Kier alpha value is -2.28. The summed E-state index contributed by atoms with van der Waals surface area (Å²) in [6.07, 6.45) is 6.75. The van der Waals surface area contributed by atoms with E-state index in [0.717, 1.165) is 28.4 Å². The van der Waals surface area contributed by atoms with Gasteiger partial charge in [0, 0.05) is 22.8 Å². The van der Waals surface area contributed by atoms with Gasteiger partial charge in [0.05, 0.1) is 6.42 Å². The molecule has 148 valence electrons. The number of benzene rings is 1. The molecule has 1 aliphatic heterocycles. The van der Waals surface area contributed by atoms with E-state index in [-0.39, 0.29) is 18.4 Å². The minimum atomic E-state index is -0.0759. The zero-order chi connectivity index (χ0) is 19.3. The number of carbonyl (C=O) groups is 1. The van der Waals surface area contributed by atoms with E-state index >= 15 is 0 Å². The van der Waals surface area contributed by atoms with Gasteiger partial charge in [-0.2, -0.15) is 0 Å². The van der Waals surface area contributed by atoms with E-state index in [1.807, 2.05) is 24.3 Å². The zero-order valence-electron chi connectivity index (χ0n) is 15.6. The van der Waals surface area contributed by atoms with Crippen LogP contribution in [0.4, 0.5) is 0 Å². The van der Waals surface area contributed by atoms with Crippen LogP contribution in [0.3, 0.4) is 0 Å². The summed E-state index contributed by atoms with van der Waals surface area (Å²) in [5.74, 6) is 1.92. The molecule has 0 saturated heterocycles. The minimum Gasteiger partial charge on any atom is -0.486 e. The number of amides is 1. The normalized spacial score (nSPS) is 16.0. The first kappa shape index (κ1) is 19.1. The summed E-state index contributed by atoms with van der Waals surface area (Å²) in [5, 5.41) is 2.97. The van der Waals surface area contributed by atoms with Crippen molar-refractivity contribution in [2.45, 2.75) is 44.8 Å². The molecule has 0 bridgehead atoms. The van der Waals surface area contributed by atoms with Crippen LogP contribution in [0.25, 0.3) is 0 Å². The summed E-state index contributed by atoms with van der Waals surface area (Å²) in [6, 6.07) is 7.51. The van der Waals surface area contributed by atoms with Crippen LogP contribution in [0.15, 0.2) is 34.9 Å². The highest BCUT2D eigenvalue weighted by molar-refractivity contribution is 9.10. The van der Waals surface area contributed by atoms with Crippen molar-refractivity contribution >= 4 is 21.8 Å². The zero-order valence-corrected chi connectivity index (χ0v) is 17.2. The molecule has 2 heterocycles. The number of hydrogen-bond donors (Lipinski definition) is 1. The van der Waals surface area contributed by atoms with E-state index in [1.54, 1.807) is 6.20 Å². The Bertz CT molecular complexity index is 852. The standard InChI is InChI=1S/C21H23BrN2O4/c22-17-12-19-18(26-8-9-27-19)10-15(17)11-20(25)24-13-14-4-3-7-23-21(14)28-16-5-1-2-6-16/h3-4,7,10,12,16H,1-2,5-6,8-9,11,13H2,(H,24,25). The summed E-state index contributed by atoms with van der Waals surface area (Å²) in [7, 11) is 0. The number of nitrogens with zero attached hydrogens (tertiary/aromatic N) is 1. The lowest BCUT2D eigenvalue weighted by Gasteiger charge is -2.20. The number of nitrogens with one attached hydrogen (secondary N) is 1. The first-order valence-electron chi connectivity index (χ1n) is 9.64. The lowest BCUT2D eigenvalue weighted by atomic mass is 10.1. The van der Waals surface area contributed by atoms with Crippen LogP contribution in [0.5, 0.6) is 17.4 Å². The fourth-order valence-electron chi connectivity index (χ4n) is 3.50. The molecule has 1 saturated carbocycles. The lowest BCUT2D eigenvalue weighted by molar-refractivity contribution is -0.120. The molecule has 2 aromatic rings. The molecule has 1 amide bonds. The van der Waals surface area contributed by atoms with E-state index in [9.17, 15) is 4.79 Å². The Morgan fingerprint density at radius 1 is 1.18 bits per heavy atom. The van der Waals surface area contributed by atoms with E-state index in [0.29, 0.717) is 37.1 Å². The molecular formula is C21H23BrN2O4. The smallest absolute Gasteiger partial charge is 0.224 e. The Kier molecular flexibility index (Phi) is 6.00. The number of ether oxygens (including phenoxy) is 3. The van der Waals surface area contributed by atoms with E-state index < -0.39 is 0 Å². The lowest BCUT2D eigenvalue weighted by Crippen LogP contribution is -2.25. The highest BCUT2D eigenvalue weighted by atomic mass is 79.9. The molecule has 0 spiro atoms. The maximum atomic E-state index is 12.5. The Labute approximate surface area is 172 Å². The largest absolute Gasteiger partial charge is 0.486 e. The maximum Gasteiger partial charge on any atom is 0.224 e. The number of fused-ring (bicyclic) bond motifs is 1. The van der Waals surface area contributed by atoms with E-state index in [2.05, 4.69) is 26.2 Å². The van der Waals surface area contributed by atoms with Crippen molar-refractivity contribution in [1.82, 2.24) is 10.3 Å². The summed E-state index contributed by atoms with van der Waals surface area (Å²) in [4.78, 5) is 16.9. The molecule has 1 aromatic carbocycles. The van der Waals surface area contributed by atoms with Gasteiger partial charge in [-0.3, -0.25) is 4.79 Å². The molecule has 0 unspecified atom stereocenters. The molecule has 28 heavy (non-hydrogen) atoms. The molecular weight excluding hydrogens is 424 g/mol. The highest BCUT2D eigenvalue weighted by Crippen LogP contribution is 2.35. The molecule has 0 radical (unpaired) electrons. The second-order valence-corrected chi connectivity index (χ2v) is 7.89. The monoisotopic (exact) mass is 446 g/mol. The third-order valence-corrected chi connectivity index (χ3v) is 5.71. The number of pyridine rings is 1. The predicted molar refractivity (Wildman–Crippen MR) is 108 cm³/mol. The fraction of sp³-hybridized carbons (Fsp3) is 0.429. The molecule has 1 N–H and O–H groups in total. The van der Waals surface area contributed by atoms with Gasteiger partial charge < -0.3 is 19.5 Å². The van der Waals surface area contributed by atoms with Crippen LogP contribution in [-0.2, 0) is 17.8 Å². The van der Waals surface area contributed by atoms with Crippen molar-refractivity contribution in [2.75, 3.05) is 13.2 Å². The van der Waals surface area contributed by atoms with Crippen LogP contribution in [0.1, 0.15) is 36.8 Å². The van der Waals surface area contributed by atoms with Crippen molar-refractivity contribution < 1.29 is 19.0 Å². The van der Waals surface area contributed by atoms with Crippen LogP contribution in [0, 0.1) is 0 Å². The van der Waals surface area contributed by atoms with Crippen molar-refractivity contribution in [3.05, 3.63) is 46.1 Å². The van der Waals surface area contributed by atoms with Gasteiger partial charge in [0.15, 0.2) is 11.5 Å². The predicted octanol–water partition coefficient (Wildman–Crippen LogP) is 3.80. The van der Waals surface area contributed by atoms with Crippen LogP contribution < -0.4 is 19.5 Å². The van der Waals surface area contributed by atoms with Gasteiger partial charge in [-0.1, -0.05) is 22.0 Å². The van der Waals surface area contributed by atoms with Crippen molar-refractivity contribution in [3.8, 4) is 17.4 Å². The van der Waals surface area contributed by atoms with Gasteiger partial charge in [0.25, 0.3) is 0 Å². The van der Waals surface area contributed by atoms with Crippen molar-refractivity contribution in [2.24, 2.45) is 0 Å². The molecule has 4 rings (SSSR count). The second-order valence-electron chi connectivity index (χ2n) is 7.03. The van der Waals surface area contributed by atoms with Gasteiger partial charge in [-0.25, -0.2) is 4.98 Å². The minimum absolute atomic E-state index is 0.0759. The average molecular weight is 447 g/mol. The van der Waals surface area contributed by atoms with E-state index in [4.69, 9.17) is 14.2 Å². The average Bonchev–Trinajstić information content (AvgIpc) is 3.21. The SMILES string of the molecule is O=C(Cc1cc2c(cc1Br)OCCO2)NCc1cccnc1OC1CCCC1. The van der Waals surface area contributed by atoms with E-state index in [1.165, 1.54) is 12.8 Å². The Morgan fingerprint density at radius 3 is 2.71 bits per heavy atom. The number of aromatic nitrogens is 1. The van der Waals surface area contributed by atoms with Gasteiger partial charge in [-0.05, 0) is 49.4 Å². The Balaban J connectivity index is 1.37. The van der Waals surface area contributed by atoms with Crippen LogP contribution >= 0.6 is 15.9 Å². The molecule has 2 aliphatic rings. The van der Waals surface area contributed by atoms with Crippen molar-refractivity contribution in [1.29, 1.82) is 0 Å². The fourth-order valence-corrected chi connectivity index (χ4v) is 3.96. The second kappa shape index (κ2) is 8.82. The first-order valence-corrected chi connectivity index (χ1v) is 10.4. The summed E-state index contributed by atoms with van der Waals surface area (Å²) < 4.78 is 18.0. The molecule has 1 aliphatic carbocycles. The maximum absolute atomic E-state index is 12.5. The van der Waals surface area contributed by atoms with Crippen LogP contribution in [0.2, 0.25) is 0 Å². The number of rotatable bonds is 6. The summed E-state index contributed by atoms with van der Waals surface area (Å²) in [5.41, 5.74) is 1.75. The summed E-state index contributed by atoms with van der Waals surface area (Å²) in [6.45, 7) is 1.44. The molecule has 7 heteroatoms. The quantitative estimate of drug-likeness (QED) is 0.730.